The zero-order valence-electron chi connectivity index (χ0n) is 8.84. The zero-order chi connectivity index (χ0) is 12.4. The molecule has 2 saturated heterocycles. The Morgan fingerprint density at radius 1 is 1.35 bits per heavy atom. The molecule has 2 aliphatic rings. The van der Waals surface area contributed by atoms with Gasteiger partial charge in [0.1, 0.15) is 18.8 Å². The molecule has 8 heteroatoms. The summed E-state index contributed by atoms with van der Waals surface area (Å²) in [5, 5.41) is 11.1. The van der Waals surface area contributed by atoms with Crippen molar-refractivity contribution in [2.24, 2.45) is 0 Å². The molecule has 0 bridgehead atoms. The molecule has 0 aromatic carbocycles. The number of hydrogen-bond acceptors (Lipinski definition) is 5. The van der Waals surface area contributed by atoms with Crippen molar-refractivity contribution in [1.29, 1.82) is 0 Å². The molecule has 3 N–H and O–H groups in total. The molecule has 0 radical (unpaired) electrons. The highest BCUT2D eigenvalue weighted by molar-refractivity contribution is 5.90. The first kappa shape index (κ1) is 11.8. The van der Waals surface area contributed by atoms with Gasteiger partial charge in [-0.3, -0.25) is 14.4 Å². The summed E-state index contributed by atoms with van der Waals surface area (Å²) >= 11 is 0. The average Bonchev–Trinajstić information content (AvgIpc) is 2.88. The van der Waals surface area contributed by atoms with E-state index in [1.807, 2.05) is 0 Å². The Morgan fingerprint density at radius 2 is 2.06 bits per heavy atom. The molecule has 2 heterocycles. The number of rotatable bonds is 3. The van der Waals surface area contributed by atoms with Gasteiger partial charge >= 0.3 is 5.97 Å². The Labute approximate surface area is 96.2 Å². The number of carboxylic acid groups (broad SMARTS) is 1. The summed E-state index contributed by atoms with van der Waals surface area (Å²) < 4.78 is 5.05. The van der Waals surface area contributed by atoms with Gasteiger partial charge in [0.25, 0.3) is 5.91 Å². The van der Waals surface area contributed by atoms with Crippen LogP contribution in [0, 0.1) is 0 Å². The van der Waals surface area contributed by atoms with Crippen LogP contribution in [0.1, 0.15) is 12.8 Å². The predicted octanol–water partition coefficient (Wildman–Crippen LogP) is -1.84. The number of carboxylic acids is 1. The van der Waals surface area contributed by atoms with Gasteiger partial charge in [-0.05, 0) is 12.8 Å². The second-order valence-electron chi connectivity index (χ2n) is 3.87. The fourth-order valence-corrected chi connectivity index (χ4v) is 1.73. The lowest BCUT2D eigenvalue weighted by molar-refractivity contribution is -0.152. The first-order valence-corrected chi connectivity index (χ1v) is 5.18. The smallest absolute Gasteiger partial charge is 0.332 e. The van der Waals surface area contributed by atoms with Crippen LogP contribution in [0.2, 0.25) is 0 Å². The Balaban J connectivity index is 1.85. The minimum atomic E-state index is -1.08. The van der Waals surface area contributed by atoms with Crippen molar-refractivity contribution < 1.29 is 29.1 Å². The lowest BCUT2D eigenvalue weighted by atomic mass is 10.2. The third-order valence-corrected chi connectivity index (χ3v) is 2.64. The molecule has 2 amide bonds. The van der Waals surface area contributed by atoms with Gasteiger partial charge in [0.2, 0.25) is 5.91 Å². The van der Waals surface area contributed by atoms with Gasteiger partial charge in [-0.2, -0.15) is 0 Å². The molecule has 17 heavy (non-hydrogen) atoms. The molecule has 2 aliphatic heterocycles. The van der Waals surface area contributed by atoms with Gasteiger partial charge in [0, 0.05) is 0 Å². The van der Waals surface area contributed by atoms with Crippen LogP contribution in [-0.4, -0.2) is 47.7 Å². The van der Waals surface area contributed by atoms with Crippen LogP contribution in [0.4, 0.5) is 0 Å². The Bertz CT molecular complexity index is 357. The number of carbonyl (C=O) groups is 3. The number of amides is 2. The van der Waals surface area contributed by atoms with Crippen molar-refractivity contribution in [2.45, 2.75) is 31.1 Å². The van der Waals surface area contributed by atoms with E-state index in [0.29, 0.717) is 12.8 Å². The molecule has 2 fully saturated rings. The lowest BCUT2D eigenvalue weighted by Gasteiger charge is -2.13. The number of ether oxygens (including phenoxy) is 1. The molecule has 3 atom stereocenters. The molecule has 2 rings (SSSR count). The van der Waals surface area contributed by atoms with E-state index in [1.165, 1.54) is 0 Å². The van der Waals surface area contributed by atoms with E-state index in [1.54, 1.807) is 0 Å². The molecule has 8 nitrogen and oxygen atoms in total. The summed E-state index contributed by atoms with van der Waals surface area (Å²) in [5.74, 6) is -1.99. The molecule has 0 saturated carbocycles. The third-order valence-electron chi connectivity index (χ3n) is 2.64. The predicted molar refractivity (Wildman–Crippen MR) is 51.6 cm³/mol. The number of nitrogens with one attached hydrogen (secondary N) is 2. The fourth-order valence-electron chi connectivity index (χ4n) is 1.73. The highest BCUT2D eigenvalue weighted by Crippen LogP contribution is 2.20. The van der Waals surface area contributed by atoms with E-state index in [4.69, 9.17) is 9.84 Å². The van der Waals surface area contributed by atoms with E-state index >= 15 is 0 Å². The molecule has 0 aromatic heterocycles. The maximum atomic E-state index is 11.7. The van der Waals surface area contributed by atoms with E-state index in [2.05, 4.69) is 15.6 Å². The monoisotopic (exact) mass is 244 g/mol. The summed E-state index contributed by atoms with van der Waals surface area (Å²) in [6.45, 7) is 0.0552. The van der Waals surface area contributed by atoms with Crippen molar-refractivity contribution in [3.63, 3.8) is 0 Å². The van der Waals surface area contributed by atoms with Crippen LogP contribution in [0.15, 0.2) is 0 Å². The van der Waals surface area contributed by atoms with Gasteiger partial charge in [0.05, 0.1) is 0 Å². The fraction of sp³-hybridized carbons (Fsp3) is 0.667. The largest absolute Gasteiger partial charge is 0.479 e. The average molecular weight is 244 g/mol. The summed E-state index contributed by atoms with van der Waals surface area (Å²) in [5.41, 5.74) is 2.10. The van der Waals surface area contributed by atoms with Gasteiger partial charge < -0.3 is 15.2 Å². The summed E-state index contributed by atoms with van der Waals surface area (Å²) in [4.78, 5) is 38.0. The molecular formula is C9H12N2O6. The number of carbonyl (C=O) groups excluding carboxylic acids is 2. The van der Waals surface area contributed by atoms with Gasteiger partial charge in [-0.25, -0.2) is 10.3 Å². The van der Waals surface area contributed by atoms with Crippen LogP contribution in [0.5, 0.6) is 0 Å². The molecule has 0 aliphatic carbocycles. The van der Waals surface area contributed by atoms with Crippen molar-refractivity contribution in [2.75, 3.05) is 6.61 Å². The van der Waals surface area contributed by atoms with Crippen molar-refractivity contribution >= 4 is 17.8 Å². The van der Waals surface area contributed by atoms with Gasteiger partial charge in [0.15, 0.2) is 6.10 Å². The van der Waals surface area contributed by atoms with Crippen molar-refractivity contribution in [1.82, 2.24) is 10.8 Å². The second-order valence-corrected chi connectivity index (χ2v) is 3.87. The molecular weight excluding hydrogens is 232 g/mol. The van der Waals surface area contributed by atoms with E-state index < -0.39 is 36.0 Å². The van der Waals surface area contributed by atoms with Crippen LogP contribution in [0.3, 0.4) is 0 Å². The summed E-state index contributed by atoms with van der Waals surface area (Å²) in [7, 11) is 0. The Kier molecular flexibility index (Phi) is 3.25. The second kappa shape index (κ2) is 4.68. The van der Waals surface area contributed by atoms with Crippen LogP contribution >= 0.6 is 0 Å². The topological polar surface area (TPSA) is 114 Å². The van der Waals surface area contributed by atoms with Crippen molar-refractivity contribution in [3.05, 3.63) is 0 Å². The third kappa shape index (κ3) is 2.53. The SMILES string of the molecule is O=C(N[C@@H]1CONC1=O)[C@@H]1CC[C@H](C(=O)O)O1. The number of aliphatic carboxylic acids is 1. The number of hydrogen-bond donors (Lipinski definition) is 3. The molecule has 0 spiro atoms. The maximum Gasteiger partial charge on any atom is 0.332 e. The Hall–Kier alpha value is -1.67. The highest BCUT2D eigenvalue weighted by Gasteiger charge is 2.37. The maximum absolute atomic E-state index is 11.7. The quantitative estimate of drug-likeness (QED) is 0.537. The summed E-state index contributed by atoms with van der Waals surface area (Å²) in [6.07, 6.45) is -1.14. The van der Waals surface area contributed by atoms with E-state index in [0.717, 1.165) is 0 Å². The lowest BCUT2D eigenvalue weighted by Crippen LogP contribution is -2.46. The first-order chi connectivity index (χ1) is 8.08. The highest BCUT2D eigenvalue weighted by atomic mass is 16.7. The Morgan fingerprint density at radius 3 is 2.59 bits per heavy atom. The van der Waals surface area contributed by atoms with Gasteiger partial charge in [-0.15, -0.1) is 0 Å². The molecule has 0 aromatic rings. The van der Waals surface area contributed by atoms with Crippen molar-refractivity contribution in [3.8, 4) is 0 Å². The van der Waals surface area contributed by atoms with Crippen LogP contribution < -0.4 is 10.8 Å². The number of hydroxylamine groups is 1. The normalized spacial score (nSPS) is 32.2. The molecule has 0 unspecified atom stereocenters. The van der Waals surface area contributed by atoms with Crippen LogP contribution in [0.25, 0.3) is 0 Å². The van der Waals surface area contributed by atoms with E-state index in [-0.39, 0.29) is 6.61 Å². The zero-order valence-corrected chi connectivity index (χ0v) is 8.84. The first-order valence-electron chi connectivity index (χ1n) is 5.18. The van der Waals surface area contributed by atoms with Crippen LogP contribution in [-0.2, 0) is 24.0 Å². The van der Waals surface area contributed by atoms with Gasteiger partial charge in [-0.1, -0.05) is 0 Å². The standard InChI is InChI=1S/C9H12N2O6/c12-7-4(3-16-11-7)10-8(13)5-1-2-6(17-5)9(14)15/h4-6H,1-3H2,(H,10,13)(H,11,12)(H,14,15)/t4-,5+,6-/m1/s1. The summed E-state index contributed by atoms with van der Waals surface area (Å²) in [6, 6.07) is -0.741. The minimum absolute atomic E-state index is 0.0552. The minimum Gasteiger partial charge on any atom is -0.479 e. The molecule has 94 valence electrons. The van der Waals surface area contributed by atoms with E-state index in [9.17, 15) is 14.4 Å².